The van der Waals surface area contributed by atoms with Crippen LogP contribution >= 0.6 is 0 Å². The minimum atomic E-state index is -0.526. The molecule has 1 rings (SSSR count). The second-order valence-corrected chi connectivity index (χ2v) is 3.80. The Labute approximate surface area is 94.4 Å². The van der Waals surface area contributed by atoms with Crippen LogP contribution in [-0.2, 0) is 4.79 Å². The van der Waals surface area contributed by atoms with Crippen molar-refractivity contribution >= 4 is 11.7 Å². The quantitative estimate of drug-likeness (QED) is 0.764. The number of benzene rings is 1. The molecule has 0 spiro atoms. The van der Waals surface area contributed by atoms with Gasteiger partial charge >= 0.3 is 0 Å². The summed E-state index contributed by atoms with van der Waals surface area (Å²) in [6, 6.07) is 6.66. The highest BCUT2D eigenvalue weighted by atomic mass is 16.5. The maximum atomic E-state index is 11.6. The van der Waals surface area contributed by atoms with E-state index in [1.807, 2.05) is 13.8 Å². The van der Waals surface area contributed by atoms with Gasteiger partial charge in [0.05, 0.1) is 0 Å². The van der Waals surface area contributed by atoms with Gasteiger partial charge < -0.3 is 10.5 Å². The Bertz CT molecular complexity index is 382. The maximum Gasteiger partial charge on any atom is 0.255 e. The number of ketones is 1. The van der Waals surface area contributed by atoms with Gasteiger partial charge in [0.2, 0.25) is 0 Å². The fourth-order valence-electron chi connectivity index (χ4n) is 1.20. The lowest BCUT2D eigenvalue weighted by atomic mass is 10.0. The summed E-state index contributed by atoms with van der Waals surface area (Å²) in [4.78, 5) is 22.1. The summed E-state index contributed by atoms with van der Waals surface area (Å²) in [5, 5.41) is 0. The van der Waals surface area contributed by atoms with Crippen molar-refractivity contribution in [2.45, 2.75) is 13.8 Å². The average Bonchev–Trinajstić information content (AvgIpc) is 2.26. The standard InChI is InChI=1S/C12H15NO3/c1-8(2)12(15)9-3-5-10(6-4-9)16-7-11(13)14/h3-6,8H,7H2,1-2H3,(H2,13,14). The molecule has 0 atom stereocenters. The lowest BCUT2D eigenvalue weighted by Gasteiger charge is -2.06. The summed E-state index contributed by atoms with van der Waals surface area (Å²) in [5.41, 5.74) is 5.58. The van der Waals surface area contributed by atoms with E-state index in [1.54, 1.807) is 24.3 Å². The van der Waals surface area contributed by atoms with Gasteiger partial charge in [0.1, 0.15) is 5.75 Å². The third-order valence-electron chi connectivity index (χ3n) is 2.04. The van der Waals surface area contributed by atoms with Crippen LogP contribution in [0.2, 0.25) is 0 Å². The molecule has 0 saturated heterocycles. The Kier molecular flexibility index (Phi) is 4.05. The van der Waals surface area contributed by atoms with E-state index < -0.39 is 5.91 Å². The van der Waals surface area contributed by atoms with E-state index in [9.17, 15) is 9.59 Å². The minimum absolute atomic E-state index is 0.0302. The first-order valence-electron chi connectivity index (χ1n) is 5.06. The van der Waals surface area contributed by atoms with Crippen LogP contribution in [0.25, 0.3) is 0 Å². The highest BCUT2D eigenvalue weighted by Crippen LogP contribution is 2.14. The van der Waals surface area contributed by atoms with Gasteiger partial charge in [-0.25, -0.2) is 0 Å². The molecular weight excluding hydrogens is 206 g/mol. The predicted molar refractivity (Wildman–Crippen MR) is 60.3 cm³/mol. The van der Waals surface area contributed by atoms with Crippen molar-refractivity contribution in [2.75, 3.05) is 6.61 Å². The molecule has 0 aliphatic heterocycles. The number of rotatable bonds is 5. The van der Waals surface area contributed by atoms with Crippen molar-refractivity contribution in [2.24, 2.45) is 11.7 Å². The Morgan fingerprint density at radius 3 is 2.25 bits per heavy atom. The van der Waals surface area contributed by atoms with E-state index in [1.165, 1.54) is 0 Å². The van der Waals surface area contributed by atoms with Crippen LogP contribution in [0.15, 0.2) is 24.3 Å². The number of ether oxygens (including phenoxy) is 1. The number of hydrogen-bond donors (Lipinski definition) is 1. The van der Waals surface area contributed by atoms with Crippen LogP contribution in [0.3, 0.4) is 0 Å². The van der Waals surface area contributed by atoms with Crippen LogP contribution in [0, 0.1) is 5.92 Å². The summed E-state index contributed by atoms with van der Waals surface area (Å²) in [6.45, 7) is 3.54. The molecule has 2 N–H and O–H groups in total. The Hall–Kier alpha value is -1.84. The molecule has 1 amide bonds. The molecule has 0 aliphatic rings. The van der Waals surface area contributed by atoms with Gasteiger partial charge in [-0.2, -0.15) is 0 Å². The Morgan fingerprint density at radius 2 is 1.81 bits per heavy atom. The molecule has 0 saturated carbocycles. The second kappa shape index (κ2) is 5.30. The fraction of sp³-hybridized carbons (Fsp3) is 0.333. The third kappa shape index (κ3) is 3.38. The van der Waals surface area contributed by atoms with Gasteiger partial charge in [0.25, 0.3) is 5.91 Å². The summed E-state index contributed by atoms with van der Waals surface area (Å²) in [7, 11) is 0. The summed E-state index contributed by atoms with van der Waals surface area (Å²) in [5.74, 6) is 0.0558. The molecule has 0 aromatic heterocycles. The number of nitrogens with two attached hydrogens (primary N) is 1. The van der Waals surface area contributed by atoms with Crippen LogP contribution in [0.1, 0.15) is 24.2 Å². The van der Waals surface area contributed by atoms with Crippen LogP contribution in [-0.4, -0.2) is 18.3 Å². The molecule has 0 unspecified atom stereocenters. The van der Waals surface area contributed by atoms with Gasteiger partial charge in [-0.1, -0.05) is 13.8 Å². The van der Waals surface area contributed by atoms with Crippen molar-refractivity contribution in [1.82, 2.24) is 0 Å². The number of carbonyl (C=O) groups excluding carboxylic acids is 2. The Balaban J connectivity index is 2.68. The van der Waals surface area contributed by atoms with Crippen molar-refractivity contribution in [3.8, 4) is 5.75 Å². The molecule has 4 nitrogen and oxygen atoms in total. The molecule has 4 heteroatoms. The predicted octanol–water partition coefficient (Wildman–Crippen LogP) is 1.39. The number of primary amides is 1. The van der Waals surface area contributed by atoms with Gasteiger partial charge in [-0.05, 0) is 24.3 Å². The summed E-state index contributed by atoms with van der Waals surface area (Å²) >= 11 is 0. The molecule has 0 bridgehead atoms. The maximum absolute atomic E-state index is 11.6. The van der Waals surface area contributed by atoms with E-state index in [0.29, 0.717) is 11.3 Å². The zero-order chi connectivity index (χ0) is 12.1. The number of Topliss-reactive ketones (excluding diaryl/α,β-unsaturated/α-hetero) is 1. The molecule has 0 aliphatic carbocycles. The topological polar surface area (TPSA) is 69.4 Å². The van der Waals surface area contributed by atoms with Crippen LogP contribution in [0.4, 0.5) is 0 Å². The number of carbonyl (C=O) groups is 2. The minimum Gasteiger partial charge on any atom is -0.484 e. The van der Waals surface area contributed by atoms with Crippen molar-refractivity contribution in [3.63, 3.8) is 0 Å². The van der Waals surface area contributed by atoms with Crippen LogP contribution in [0.5, 0.6) is 5.75 Å². The average molecular weight is 221 g/mol. The molecule has 1 aromatic carbocycles. The third-order valence-corrected chi connectivity index (χ3v) is 2.04. The van der Waals surface area contributed by atoms with Crippen molar-refractivity contribution in [1.29, 1.82) is 0 Å². The van der Waals surface area contributed by atoms with Gasteiger partial charge in [-0.3, -0.25) is 9.59 Å². The summed E-state index contributed by atoms with van der Waals surface area (Å²) in [6.07, 6.45) is 0. The molecule has 0 heterocycles. The molecular formula is C12H15NO3. The lowest BCUT2D eigenvalue weighted by molar-refractivity contribution is -0.119. The van der Waals surface area contributed by atoms with E-state index >= 15 is 0 Å². The molecule has 0 radical (unpaired) electrons. The van der Waals surface area contributed by atoms with Crippen LogP contribution < -0.4 is 10.5 Å². The SMILES string of the molecule is CC(C)C(=O)c1ccc(OCC(N)=O)cc1. The molecule has 1 aromatic rings. The van der Waals surface area contributed by atoms with E-state index in [2.05, 4.69) is 0 Å². The van der Waals surface area contributed by atoms with E-state index in [-0.39, 0.29) is 18.3 Å². The highest BCUT2D eigenvalue weighted by molar-refractivity contribution is 5.97. The second-order valence-electron chi connectivity index (χ2n) is 3.80. The van der Waals surface area contributed by atoms with Gasteiger partial charge in [0, 0.05) is 11.5 Å². The lowest BCUT2D eigenvalue weighted by Crippen LogP contribution is -2.20. The first-order chi connectivity index (χ1) is 7.50. The van der Waals surface area contributed by atoms with Crippen molar-refractivity contribution < 1.29 is 14.3 Å². The molecule has 0 fully saturated rings. The largest absolute Gasteiger partial charge is 0.484 e. The molecule has 86 valence electrons. The number of hydrogen-bond acceptors (Lipinski definition) is 3. The zero-order valence-electron chi connectivity index (χ0n) is 9.40. The van der Waals surface area contributed by atoms with Crippen molar-refractivity contribution in [3.05, 3.63) is 29.8 Å². The first kappa shape index (κ1) is 12.2. The normalized spacial score (nSPS) is 10.2. The smallest absolute Gasteiger partial charge is 0.255 e. The summed E-state index contributed by atoms with van der Waals surface area (Å²) < 4.78 is 5.08. The fourth-order valence-corrected chi connectivity index (χ4v) is 1.20. The van der Waals surface area contributed by atoms with E-state index in [0.717, 1.165) is 0 Å². The van der Waals surface area contributed by atoms with Gasteiger partial charge in [-0.15, -0.1) is 0 Å². The number of amides is 1. The molecule has 16 heavy (non-hydrogen) atoms. The monoisotopic (exact) mass is 221 g/mol. The Morgan fingerprint density at radius 1 is 1.25 bits per heavy atom. The highest BCUT2D eigenvalue weighted by Gasteiger charge is 2.09. The zero-order valence-corrected chi connectivity index (χ0v) is 9.40. The van der Waals surface area contributed by atoms with Gasteiger partial charge in [0.15, 0.2) is 12.4 Å². The first-order valence-corrected chi connectivity index (χ1v) is 5.06. The van der Waals surface area contributed by atoms with E-state index in [4.69, 9.17) is 10.5 Å².